The molecule has 3 atom stereocenters. The van der Waals surface area contributed by atoms with Gasteiger partial charge < -0.3 is 20.7 Å². The van der Waals surface area contributed by atoms with E-state index in [1.165, 1.54) is 0 Å². The SMILES string of the molecule is CCC(C)C(N)C(=O)NC1CC(=O)N(CCN2CCOCC2)C1.Cl. The predicted molar refractivity (Wildman–Crippen MR) is 95.1 cm³/mol. The second kappa shape index (κ2) is 10.2. The minimum Gasteiger partial charge on any atom is -0.379 e. The molecular weight excluding hydrogens is 332 g/mol. The number of amides is 2. The van der Waals surface area contributed by atoms with E-state index in [4.69, 9.17) is 10.5 Å². The van der Waals surface area contributed by atoms with Crippen LogP contribution in [-0.4, -0.2) is 79.6 Å². The summed E-state index contributed by atoms with van der Waals surface area (Å²) in [7, 11) is 0. The van der Waals surface area contributed by atoms with E-state index < -0.39 is 6.04 Å². The van der Waals surface area contributed by atoms with Crippen molar-refractivity contribution < 1.29 is 14.3 Å². The van der Waals surface area contributed by atoms with Gasteiger partial charge in [0.1, 0.15) is 0 Å². The molecule has 0 radical (unpaired) electrons. The van der Waals surface area contributed by atoms with Crippen LogP contribution < -0.4 is 11.1 Å². The first kappa shape index (κ1) is 21.2. The molecule has 7 nitrogen and oxygen atoms in total. The molecule has 24 heavy (non-hydrogen) atoms. The topological polar surface area (TPSA) is 87.9 Å². The standard InChI is InChI=1S/C16H30N4O3.ClH/c1-3-12(2)15(17)16(22)18-13-10-14(21)20(11-13)5-4-19-6-8-23-9-7-19;/h12-13,15H,3-11,17H2,1-2H3,(H,18,22);1H. The van der Waals surface area contributed by atoms with Gasteiger partial charge in [0.15, 0.2) is 0 Å². The van der Waals surface area contributed by atoms with Crippen molar-refractivity contribution in [3.8, 4) is 0 Å². The molecule has 2 amide bonds. The summed E-state index contributed by atoms with van der Waals surface area (Å²) >= 11 is 0. The number of carbonyl (C=O) groups excluding carboxylic acids is 2. The predicted octanol–water partition coefficient (Wildman–Crippen LogP) is -0.169. The maximum absolute atomic E-state index is 12.1. The van der Waals surface area contributed by atoms with Gasteiger partial charge >= 0.3 is 0 Å². The van der Waals surface area contributed by atoms with Crippen LogP contribution in [0.5, 0.6) is 0 Å². The molecule has 2 saturated heterocycles. The molecule has 2 fully saturated rings. The Bertz CT molecular complexity index is 418. The highest BCUT2D eigenvalue weighted by Crippen LogP contribution is 2.13. The number of halogens is 1. The van der Waals surface area contributed by atoms with Crippen molar-refractivity contribution in [3.63, 3.8) is 0 Å². The van der Waals surface area contributed by atoms with Crippen molar-refractivity contribution in [2.75, 3.05) is 45.9 Å². The lowest BCUT2D eigenvalue weighted by molar-refractivity contribution is -0.128. The van der Waals surface area contributed by atoms with Crippen LogP contribution in [0.15, 0.2) is 0 Å². The molecule has 2 aliphatic rings. The van der Waals surface area contributed by atoms with Crippen molar-refractivity contribution >= 4 is 24.2 Å². The molecule has 0 aromatic carbocycles. The average Bonchev–Trinajstić information content (AvgIpc) is 2.91. The molecule has 2 heterocycles. The normalized spacial score (nSPS) is 24.4. The van der Waals surface area contributed by atoms with Crippen LogP contribution in [0.25, 0.3) is 0 Å². The van der Waals surface area contributed by atoms with Gasteiger partial charge in [-0.25, -0.2) is 0 Å². The van der Waals surface area contributed by atoms with Gasteiger partial charge in [0.2, 0.25) is 11.8 Å². The summed E-state index contributed by atoms with van der Waals surface area (Å²) < 4.78 is 5.32. The maximum atomic E-state index is 12.1. The van der Waals surface area contributed by atoms with Crippen LogP contribution in [0.1, 0.15) is 26.7 Å². The van der Waals surface area contributed by atoms with Crippen LogP contribution in [-0.2, 0) is 14.3 Å². The highest BCUT2D eigenvalue weighted by atomic mass is 35.5. The first-order valence-corrected chi connectivity index (χ1v) is 8.65. The lowest BCUT2D eigenvalue weighted by atomic mass is 9.99. The van der Waals surface area contributed by atoms with E-state index in [-0.39, 0.29) is 36.2 Å². The highest BCUT2D eigenvalue weighted by molar-refractivity contribution is 5.85. The van der Waals surface area contributed by atoms with Crippen LogP contribution >= 0.6 is 12.4 Å². The Morgan fingerprint density at radius 1 is 1.38 bits per heavy atom. The Morgan fingerprint density at radius 3 is 2.67 bits per heavy atom. The zero-order valence-electron chi connectivity index (χ0n) is 14.7. The quantitative estimate of drug-likeness (QED) is 0.656. The number of hydrogen-bond donors (Lipinski definition) is 2. The van der Waals surface area contributed by atoms with Gasteiger partial charge in [0.25, 0.3) is 0 Å². The van der Waals surface area contributed by atoms with Crippen molar-refractivity contribution in [1.29, 1.82) is 0 Å². The van der Waals surface area contributed by atoms with Crippen molar-refractivity contribution in [1.82, 2.24) is 15.1 Å². The summed E-state index contributed by atoms with van der Waals surface area (Å²) in [5.41, 5.74) is 5.95. The number of morpholine rings is 1. The smallest absolute Gasteiger partial charge is 0.237 e. The van der Waals surface area contributed by atoms with Gasteiger partial charge in [-0.2, -0.15) is 0 Å². The Morgan fingerprint density at radius 2 is 2.04 bits per heavy atom. The van der Waals surface area contributed by atoms with Crippen LogP contribution in [0, 0.1) is 5.92 Å². The van der Waals surface area contributed by atoms with Gasteiger partial charge in [-0.15, -0.1) is 12.4 Å². The van der Waals surface area contributed by atoms with E-state index in [1.54, 1.807) is 0 Å². The fourth-order valence-electron chi connectivity index (χ4n) is 2.98. The van der Waals surface area contributed by atoms with E-state index in [2.05, 4.69) is 10.2 Å². The zero-order valence-corrected chi connectivity index (χ0v) is 15.5. The van der Waals surface area contributed by atoms with Gasteiger partial charge in [-0.1, -0.05) is 20.3 Å². The molecule has 0 aliphatic carbocycles. The molecule has 0 aromatic rings. The summed E-state index contributed by atoms with van der Waals surface area (Å²) in [5, 5.41) is 2.93. The monoisotopic (exact) mass is 362 g/mol. The Hall–Kier alpha value is -0.890. The van der Waals surface area contributed by atoms with E-state index in [9.17, 15) is 9.59 Å². The van der Waals surface area contributed by atoms with Gasteiger partial charge in [0, 0.05) is 39.1 Å². The van der Waals surface area contributed by atoms with E-state index in [1.807, 2.05) is 18.7 Å². The highest BCUT2D eigenvalue weighted by Gasteiger charge is 2.32. The summed E-state index contributed by atoms with van der Waals surface area (Å²) in [6.07, 6.45) is 1.24. The maximum Gasteiger partial charge on any atom is 0.237 e. The van der Waals surface area contributed by atoms with Gasteiger partial charge in [0.05, 0.1) is 25.3 Å². The largest absolute Gasteiger partial charge is 0.379 e. The molecule has 8 heteroatoms. The number of likely N-dealkylation sites (tertiary alicyclic amines) is 1. The number of nitrogens with two attached hydrogens (primary N) is 1. The Labute approximate surface area is 150 Å². The fraction of sp³-hybridized carbons (Fsp3) is 0.875. The number of nitrogens with one attached hydrogen (secondary N) is 1. The Balaban J connectivity index is 0.00000288. The average molecular weight is 363 g/mol. The molecule has 0 aromatic heterocycles. The first-order valence-electron chi connectivity index (χ1n) is 8.65. The Kier molecular flexibility index (Phi) is 8.97. The molecule has 0 bridgehead atoms. The third-order valence-corrected chi connectivity index (χ3v) is 4.91. The lowest BCUT2D eigenvalue weighted by Crippen LogP contribution is -2.49. The van der Waals surface area contributed by atoms with E-state index >= 15 is 0 Å². The van der Waals surface area contributed by atoms with Crippen LogP contribution in [0.2, 0.25) is 0 Å². The number of carbonyl (C=O) groups is 2. The molecule has 140 valence electrons. The molecule has 3 unspecified atom stereocenters. The lowest BCUT2D eigenvalue weighted by Gasteiger charge is -2.28. The number of ether oxygens (including phenoxy) is 1. The number of nitrogens with zero attached hydrogens (tertiary/aromatic N) is 2. The summed E-state index contributed by atoms with van der Waals surface area (Å²) in [6, 6.07) is -0.618. The molecule has 0 spiro atoms. The van der Waals surface area contributed by atoms with E-state index in [0.717, 1.165) is 39.3 Å². The molecule has 0 saturated carbocycles. The van der Waals surface area contributed by atoms with Gasteiger partial charge in [-0.3, -0.25) is 14.5 Å². The van der Waals surface area contributed by atoms with Crippen LogP contribution in [0.3, 0.4) is 0 Å². The van der Waals surface area contributed by atoms with Crippen LogP contribution in [0.4, 0.5) is 0 Å². The van der Waals surface area contributed by atoms with E-state index in [0.29, 0.717) is 19.5 Å². The minimum atomic E-state index is -0.502. The molecule has 3 N–H and O–H groups in total. The number of hydrogen-bond acceptors (Lipinski definition) is 5. The molecule has 2 rings (SSSR count). The summed E-state index contributed by atoms with van der Waals surface area (Å²) in [6.45, 7) is 9.52. The van der Waals surface area contributed by atoms with Crippen molar-refractivity contribution in [2.24, 2.45) is 11.7 Å². The first-order chi connectivity index (χ1) is 11.0. The molecular formula is C16H31ClN4O3. The van der Waals surface area contributed by atoms with Crippen molar-refractivity contribution in [2.45, 2.75) is 38.8 Å². The summed E-state index contributed by atoms with van der Waals surface area (Å²) in [4.78, 5) is 28.4. The fourth-order valence-corrected chi connectivity index (χ4v) is 2.98. The third-order valence-electron chi connectivity index (χ3n) is 4.91. The second-order valence-electron chi connectivity index (χ2n) is 6.61. The van der Waals surface area contributed by atoms with Gasteiger partial charge in [-0.05, 0) is 5.92 Å². The van der Waals surface area contributed by atoms with Crippen molar-refractivity contribution in [3.05, 3.63) is 0 Å². The zero-order chi connectivity index (χ0) is 16.8. The third kappa shape index (κ3) is 5.88. The number of rotatable bonds is 7. The summed E-state index contributed by atoms with van der Waals surface area (Å²) in [5.74, 6) is 0.109. The second-order valence-corrected chi connectivity index (χ2v) is 6.61. The molecule has 2 aliphatic heterocycles. The minimum absolute atomic E-state index is 0.